The average molecular weight is 247 g/mol. The number of hydrogen-bond acceptors (Lipinski definition) is 2. The van der Waals surface area contributed by atoms with Crippen LogP contribution >= 0.6 is 0 Å². The number of carbonyl (C=O) groups is 1. The largest absolute Gasteiger partial charge is 0.433 e. The van der Waals surface area contributed by atoms with Crippen LogP contribution in [0.3, 0.4) is 0 Å². The van der Waals surface area contributed by atoms with Crippen LogP contribution in [0.4, 0.5) is 13.2 Å². The maximum atomic E-state index is 12.8. The third kappa shape index (κ3) is 2.01. The fourth-order valence-corrected chi connectivity index (χ4v) is 2.12. The summed E-state index contributed by atoms with van der Waals surface area (Å²) in [7, 11) is 1.28. The first-order chi connectivity index (χ1) is 7.80. The maximum absolute atomic E-state index is 12.8. The summed E-state index contributed by atoms with van der Waals surface area (Å²) in [4.78, 5) is 12.6. The van der Waals surface area contributed by atoms with E-state index in [-0.39, 0.29) is 18.0 Å². The number of rotatable bonds is 0. The molecule has 2 rings (SSSR count). The van der Waals surface area contributed by atoms with E-state index in [0.717, 1.165) is 4.68 Å². The van der Waals surface area contributed by atoms with E-state index in [1.54, 1.807) is 0 Å². The van der Waals surface area contributed by atoms with Crippen LogP contribution in [-0.2, 0) is 31.0 Å². The minimum Gasteiger partial charge on any atom is -0.338 e. The molecule has 1 aromatic heterocycles. The van der Waals surface area contributed by atoms with Gasteiger partial charge < -0.3 is 4.90 Å². The van der Waals surface area contributed by atoms with Crippen molar-refractivity contribution < 1.29 is 18.0 Å². The summed E-state index contributed by atoms with van der Waals surface area (Å²) in [6.07, 6.45) is -4.06. The number of nitrogens with zero attached hydrogens (tertiary/aromatic N) is 3. The number of fused-ring (bicyclic) bond motifs is 1. The van der Waals surface area contributed by atoms with Crippen molar-refractivity contribution in [2.24, 2.45) is 7.05 Å². The van der Waals surface area contributed by atoms with Crippen LogP contribution in [0.5, 0.6) is 0 Å². The van der Waals surface area contributed by atoms with Gasteiger partial charge in [0.15, 0.2) is 0 Å². The van der Waals surface area contributed by atoms with Gasteiger partial charge >= 0.3 is 6.18 Å². The first-order valence-electron chi connectivity index (χ1n) is 5.18. The summed E-state index contributed by atoms with van der Waals surface area (Å²) in [6, 6.07) is 0. The van der Waals surface area contributed by atoms with Crippen LogP contribution < -0.4 is 0 Å². The van der Waals surface area contributed by atoms with Crippen molar-refractivity contribution in [3.63, 3.8) is 0 Å². The summed E-state index contributed by atoms with van der Waals surface area (Å²) in [5.74, 6) is -0.215. The lowest BCUT2D eigenvalue weighted by atomic mass is 10.1. The molecule has 0 saturated carbocycles. The van der Waals surface area contributed by atoms with E-state index in [4.69, 9.17) is 0 Å². The molecule has 0 fully saturated rings. The maximum Gasteiger partial charge on any atom is 0.433 e. The molecule has 0 aromatic carbocycles. The quantitative estimate of drug-likeness (QED) is 0.694. The van der Waals surface area contributed by atoms with Gasteiger partial charge in [0, 0.05) is 39.0 Å². The van der Waals surface area contributed by atoms with Crippen LogP contribution in [0.15, 0.2) is 0 Å². The highest BCUT2D eigenvalue weighted by atomic mass is 19.4. The predicted molar refractivity (Wildman–Crippen MR) is 53.0 cm³/mol. The standard InChI is InChI=1S/C10H12F3N3O/c1-6(17)16-4-3-8-7(5-16)9(10(11,12)13)15(2)14-8/h3-5H2,1-2H3. The SMILES string of the molecule is CC(=O)N1CCc2nn(C)c(C(F)(F)F)c2C1. The molecule has 0 aliphatic carbocycles. The van der Waals surface area contributed by atoms with Crippen LogP contribution in [0.25, 0.3) is 0 Å². The van der Waals surface area contributed by atoms with E-state index in [0.29, 0.717) is 18.7 Å². The van der Waals surface area contributed by atoms with Crippen LogP contribution in [-0.4, -0.2) is 27.1 Å². The normalized spacial score (nSPS) is 15.9. The highest BCUT2D eigenvalue weighted by Gasteiger charge is 2.40. The van der Waals surface area contributed by atoms with Gasteiger partial charge in [-0.3, -0.25) is 9.48 Å². The zero-order chi connectivity index (χ0) is 12.8. The molecule has 0 radical (unpaired) electrons. The van der Waals surface area contributed by atoms with Crippen molar-refractivity contribution in [3.05, 3.63) is 17.0 Å². The smallest absolute Gasteiger partial charge is 0.338 e. The Bertz CT molecular complexity index is 464. The lowest BCUT2D eigenvalue weighted by Gasteiger charge is -2.25. The molecule has 0 saturated heterocycles. The Hall–Kier alpha value is -1.53. The molecule has 4 nitrogen and oxygen atoms in total. The monoisotopic (exact) mass is 247 g/mol. The summed E-state index contributed by atoms with van der Waals surface area (Å²) < 4.78 is 39.4. The Morgan fingerprint density at radius 3 is 2.59 bits per heavy atom. The fraction of sp³-hybridized carbons (Fsp3) is 0.600. The fourth-order valence-electron chi connectivity index (χ4n) is 2.12. The molecular weight excluding hydrogens is 235 g/mol. The molecule has 1 aliphatic heterocycles. The van der Waals surface area contributed by atoms with Gasteiger partial charge in [-0.05, 0) is 0 Å². The zero-order valence-corrected chi connectivity index (χ0v) is 9.51. The third-order valence-electron chi connectivity index (χ3n) is 2.91. The molecule has 0 N–H and O–H groups in total. The van der Waals surface area contributed by atoms with Gasteiger partial charge in [0.05, 0.1) is 5.69 Å². The Morgan fingerprint density at radius 1 is 1.41 bits per heavy atom. The number of aromatic nitrogens is 2. The van der Waals surface area contributed by atoms with Gasteiger partial charge in [-0.1, -0.05) is 0 Å². The van der Waals surface area contributed by atoms with Gasteiger partial charge in [0.25, 0.3) is 0 Å². The van der Waals surface area contributed by atoms with Crippen molar-refractivity contribution in [2.45, 2.75) is 26.1 Å². The molecule has 0 unspecified atom stereocenters. The van der Waals surface area contributed by atoms with Crippen molar-refractivity contribution in [1.82, 2.24) is 14.7 Å². The first-order valence-corrected chi connectivity index (χ1v) is 5.18. The van der Waals surface area contributed by atoms with E-state index >= 15 is 0 Å². The van der Waals surface area contributed by atoms with Gasteiger partial charge in [0.2, 0.25) is 5.91 Å². The number of aryl methyl sites for hydroxylation is 1. The van der Waals surface area contributed by atoms with Crippen molar-refractivity contribution in [1.29, 1.82) is 0 Å². The number of alkyl halides is 3. The number of carbonyl (C=O) groups excluding carboxylic acids is 1. The second-order valence-electron chi connectivity index (χ2n) is 4.09. The van der Waals surface area contributed by atoms with Crippen LogP contribution in [0.2, 0.25) is 0 Å². The minimum absolute atomic E-state index is 0.00660. The summed E-state index contributed by atoms with van der Waals surface area (Å²) in [6.45, 7) is 1.78. The topological polar surface area (TPSA) is 38.1 Å². The molecule has 0 atom stereocenters. The van der Waals surface area contributed by atoms with E-state index in [1.807, 2.05) is 0 Å². The van der Waals surface area contributed by atoms with E-state index < -0.39 is 11.9 Å². The highest BCUT2D eigenvalue weighted by molar-refractivity contribution is 5.73. The second-order valence-corrected chi connectivity index (χ2v) is 4.09. The van der Waals surface area contributed by atoms with E-state index in [9.17, 15) is 18.0 Å². The molecule has 94 valence electrons. The van der Waals surface area contributed by atoms with Gasteiger partial charge in [0.1, 0.15) is 5.69 Å². The molecule has 1 amide bonds. The molecule has 17 heavy (non-hydrogen) atoms. The van der Waals surface area contributed by atoms with Gasteiger partial charge in [-0.25, -0.2) is 0 Å². The average Bonchev–Trinajstić information content (AvgIpc) is 2.51. The molecule has 7 heteroatoms. The van der Waals surface area contributed by atoms with E-state index in [2.05, 4.69) is 5.10 Å². The first kappa shape index (κ1) is 11.9. The zero-order valence-electron chi connectivity index (χ0n) is 9.51. The Balaban J connectivity index is 2.45. The minimum atomic E-state index is -4.44. The van der Waals surface area contributed by atoms with Gasteiger partial charge in [-0.2, -0.15) is 18.3 Å². The third-order valence-corrected chi connectivity index (χ3v) is 2.91. The predicted octanol–water partition coefficient (Wildman–Crippen LogP) is 1.34. The Morgan fingerprint density at radius 2 is 2.06 bits per heavy atom. The summed E-state index contributed by atoms with van der Waals surface area (Å²) >= 11 is 0. The Labute approximate surface area is 96.0 Å². The molecule has 1 aromatic rings. The Kier molecular flexibility index (Phi) is 2.63. The summed E-state index contributed by atoms with van der Waals surface area (Å²) in [5, 5.41) is 3.87. The molecular formula is C10H12F3N3O. The second kappa shape index (κ2) is 3.75. The van der Waals surface area contributed by atoms with Gasteiger partial charge in [-0.15, -0.1) is 0 Å². The van der Waals surface area contributed by atoms with Crippen LogP contribution in [0.1, 0.15) is 23.9 Å². The van der Waals surface area contributed by atoms with Crippen LogP contribution in [0, 0.1) is 0 Å². The summed E-state index contributed by atoms with van der Waals surface area (Å²) in [5.41, 5.74) is -0.183. The number of halogens is 3. The lowest BCUT2D eigenvalue weighted by molar-refractivity contribution is -0.145. The number of hydrogen-bond donors (Lipinski definition) is 0. The molecule has 0 bridgehead atoms. The molecule has 2 heterocycles. The lowest BCUT2D eigenvalue weighted by Crippen LogP contribution is -2.34. The van der Waals surface area contributed by atoms with Crippen molar-refractivity contribution in [2.75, 3.05) is 6.54 Å². The highest BCUT2D eigenvalue weighted by Crippen LogP contribution is 2.35. The van der Waals surface area contributed by atoms with Crippen molar-refractivity contribution >= 4 is 5.91 Å². The molecule has 0 spiro atoms. The van der Waals surface area contributed by atoms with Crippen molar-refractivity contribution in [3.8, 4) is 0 Å². The molecule has 1 aliphatic rings. The number of amides is 1. The van der Waals surface area contributed by atoms with E-state index in [1.165, 1.54) is 18.9 Å².